The minimum atomic E-state index is -0.606. The van der Waals surface area contributed by atoms with E-state index in [1.54, 1.807) is 32.9 Å². The summed E-state index contributed by atoms with van der Waals surface area (Å²) in [4.78, 5) is 23.3. The molecule has 122 valence electrons. The lowest BCUT2D eigenvalue weighted by Gasteiger charge is -2.23. The summed E-state index contributed by atoms with van der Waals surface area (Å²) in [5, 5.41) is 3.32. The van der Waals surface area contributed by atoms with Crippen molar-refractivity contribution in [1.82, 2.24) is 10.7 Å². The average molecular weight is 328 g/mol. The van der Waals surface area contributed by atoms with Crippen molar-refractivity contribution in [2.75, 3.05) is 0 Å². The molecule has 1 rings (SSSR count). The molecule has 1 aromatic rings. The smallest absolute Gasteiger partial charge is 0.407 e. The summed E-state index contributed by atoms with van der Waals surface area (Å²) < 4.78 is 5.21. The van der Waals surface area contributed by atoms with Crippen molar-refractivity contribution in [3.63, 3.8) is 0 Å². The largest absolute Gasteiger partial charge is 0.444 e. The van der Waals surface area contributed by atoms with Crippen LogP contribution in [-0.2, 0) is 16.0 Å². The zero-order valence-electron chi connectivity index (χ0n) is 13.0. The monoisotopic (exact) mass is 327 g/mol. The molecular formula is C15H22ClN3O3. The molecule has 2 amide bonds. The maximum absolute atomic E-state index is 11.9. The van der Waals surface area contributed by atoms with Crippen LogP contribution in [0.25, 0.3) is 0 Å². The molecule has 0 bridgehead atoms. The van der Waals surface area contributed by atoms with Crippen molar-refractivity contribution in [1.29, 1.82) is 0 Å². The highest BCUT2D eigenvalue weighted by molar-refractivity contribution is 6.30. The molecule has 0 aliphatic heterocycles. The molecule has 0 heterocycles. The first kappa shape index (κ1) is 18.3. The zero-order valence-corrected chi connectivity index (χ0v) is 13.7. The SMILES string of the molecule is CC(C)(C)OC(=O)N[C@H](CC(=O)NN)Cc1ccc(Cl)cc1. The topological polar surface area (TPSA) is 93.4 Å². The number of hydrogen-bond donors (Lipinski definition) is 3. The lowest BCUT2D eigenvalue weighted by Crippen LogP contribution is -2.44. The highest BCUT2D eigenvalue weighted by atomic mass is 35.5. The van der Waals surface area contributed by atoms with Crippen LogP contribution in [0.3, 0.4) is 0 Å². The number of amides is 2. The van der Waals surface area contributed by atoms with E-state index in [-0.39, 0.29) is 12.3 Å². The van der Waals surface area contributed by atoms with Crippen LogP contribution < -0.4 is 16.6 Å². The number of hydrogen-bond acceptors (Lipinski definition) is 4. The van der Waals surface area contributed by atoms with Crippen LogP contribution in [0.2, 0.25) is 5.02 Å². The normalized spacial score (nSPS) is 12.4. The van der Waals surface area contributed by atoms with Gasteiger partial charge in [0, 0.05) is 17.5 Å². The number of alkyl carbamates (subject to hydrolysis) is 1. The van der Waals surface area contributed by atoms with E-state index in [1.165, 1.54) is 0 Å². The van der Waals surface area contributed by atoms with Gasteiger partial charge in [-0.2, -0.15) is 0 Å². The van der Waals surface area contributed by atoms with Crippen molar-refractivity contribution >= 4 is 23.6 Å². The van der Waals surface area contributed by atoms with Crippen molar-refractivity contribution in [3.8, 4) is 0 Å². The first-order chi connectivity index (χ1) is 10.2. The fraction of sp³-hybridized carbons (Fsp3) is 0.467. The fourth-order valence-electron chi connectivity index (χ4n) is 1.84. The Morgan fingerprint density at radius 3 is 2.36 bits per heavy atom. The summed E-state index contributed by atoms with van der Waals surface area (Å²) in [7, 11) is 0. The first-order valence-electron chi connectivity index (χ1n) is 6.93. The molecule has 4 N–H and O–H groups in total. The Kier molecular flexibility index (Phi) is 6.64. The van der Waals surface area contributed by atoms with Crippen LogP contribution in [0, 0.1) is 0 Å². The van der Waals surface area contributed by atoms with Crippen molar-refractivity contribution in [3.05, 3.63) is 34.9 Å². The second-order valence-electron chi connectivity index (χ2n) is 5.95. The molecule has 0 saturated heterocycles. The summed E-state index contributed by atoms with van der Waals surface area (Å²) in [5.74, 6) is 4.74. The molecule has 0 aliphatic carbocycles. The molecule has 1 aromatic carbocycles. The number of ether oxygens (including phenoxy) is 1. The molecule has 0 fully saturated rings. The standard InChI is InChI=1S/C15H22ClN3O3/c1-15(2,3)22-14(21)18-12(9-13(20)19-17)8-10-4-6-11(16)7-5-10/h4-7,12H,8-9,17H2,1-3H3,(H,18,21)(H,19,20)/t12-/m0/s1. The Bertz CT molecular complexity index is 512. The lowest BCUT2D eigenvalue weighted by atomic mass is 10.0. The van der Waals surface area contributed by atoms with Gasteiger partial charge in [-0.3, -0.25) is 10.2 Å². The van der Waals surface area contributed by atoms with Crippen molar-refractivity contribution in [2.45, 2.75) is 45.3 Å². The van der Waals surface area contributed by atoms with Crippen molar-refractivity contribution in [2.24, 2.45) is 5.84 Å². The van der Waals surface area contributed by atoms with Gasteiger partial charge in [0.05, 0.1) is 0 Å². The first-order valence-corrected chi connectivity index (χ1v) is 7.31. The number of nitrogens with one attached hydrogen (secondary N) is 2. The van der Waals surface area contributed by atoms with E-state index in [2.05, 4.69) is 10.7 Å². The Morgan fingerprint density at radius 2 is 1.86 bits per heavy atom. The molecule has 0 unspecified atom stereocenters. The van der Waals surface area contributed by atoms with Crippen LogP contribution in [0.5, 0.6) is 0 Å². The third-order valence-corrected chi connectivity index (χ3v) is 2.96. The van der Waals surface area contributed by atoms with E-state index < -0.39 is 17.7 Å². The molecule has 1 atom stereocenters. The summed E-state index contributed by atoms with van der Waals surface area (Å²) in [6, 6.07) is 6.76. The van der Waals surface area contributed by atoms with Gasteiger partial charge in [0.15, 0.2) is 0 Å². The molecule has 0 aliphatic rings. The third kappa shape index (κ3) is 7.28. The summed E-state index contributed by atoms with van der Waals surface area (Å²) in [5.41, 5.74) is 2.39. The number of carbonyl (C=O) groups excluding carboxylic acids is 2. The fourth-order valence-corrected chi connectivity index (χ4v) is 1.96. The Morgan fingerprint density at radius 1 is 1.27 bits per heavy atom. The Labute approximate surface area is 135 Å². The third-order valence-electron chi connectivity index (χ3n) is 2.71. The molecule has 7 heteroatoms. The van der Waals surface area contributed by atoms with Gasteiger partial charge in [-0.25, -0.2) is 10.6 Å². The summed E-state index contributed by atoms with van der Waals surface area (Å²) >= 11 is 5.84. The van der Waals surface area contributed by atoms with E-state index in [9.17, 15) is 9.59 Å². The number of benzene rings is 1. The minimum absolute atomic E-state index is 0.0539. The summed E-state index contributed by atoms with van der Waals surface area (Å²) in [6.07, 6.45) is -0.0568. The highest BCUT2D eigenvalue weighted by Crippen LogP contribution is 2.13. The number of nitrogens with two attached hydrogens (primary N) is 1. The summed E-state index contributed by atoms with van der Waals surface area (Å²) in [6.45, 7) is 5.31. The predicted octanol–water partition coefficient (Wildman–Crippen LogP) is 2.16. The van der Waals surface area contributed by atoms with Gasteiger partial charge in [0.25, 0.3) is 0 Å². The second-order valence-corrected chi connectivity index (χ2v) is 6.38. The van der Waals surface area contributed by atoms with E-state index in [4.69, 9.17) is 22.2 Å². The van der Waals surface area contributed by atoms with Gasteiger partial charge in [0.2, 0.25) is 5.91 Å². The quantitative estimate of drug-likeness (QED) is 0.439. The highest BCUT2D eigenvalue weighted by Gasteiger charge is 2.21. The van der Waals surface area contributed by atoms with Gasteiger partial charge in [0.1, 0.15) is 5.60 Å². The van der Waals surface area contributed by atoms with E-state index in [1.807, 2.05) is 12.1 Å². The van der Waals surface area contributed by atoms with Crippen LogP contribution >= 0.6 is 11.6 Å². The van der Waals surface area contributed by atoms with E-state index in [0.717, 1.165) is 5.56 Å². The molecular weight excluding hydrogens is 306 g/mol. The van der Waals surface area contributed by atoms with Gasteiger partial charge in [-0.05, 0) is 44.9 Å². The average Bonchev–Trinajstić information content (AvgIpc) is 2.38. The maximum Gasteiger partial charge on any atom is 0.407 e. The molecule has 6 nitrogen and oxygen atoms in total. The van der Waals surface area contributed by atoms with Crippen LogP contribution in [0.15, 0.2) is 24.3 Å². The second kappa shape index (κ2) is 8.00. The predicted molar refractivity (Wildman–Crippen MR) is 85.3 cm³/mol. The van der Waals surface area contributed by atoms with Gasteiger partial charge in [-0.15, -0.1) is 0 Å². The van der Waals surface area contributed by atoms with Crippen LogP contribution in [0.1, 0.15) is 32.8 Å². The van der Waals surface area contributed by atoms with Crippen LogP contribution in [-0.4, -0.2) is 23.6 Å². The molecule has 22 heavy (non-hydrogen) atoms. The number of rotatable bonds is 5. The maximum atomic E-state index is 11.9. The molecule has 0 radical (unpaired) electrons. The number of halogens is 1. The number of hydrazine groups is 1. The Balaban J connectivity index is 2.73. The van der Waals surface area contributed by atoms with Gasteiger partial charge >= 0.3 is 6.09 Å². The van der Waals surface area contributed by atoms with Gasteiger partial charge in [-0.1, -0.05) is 23.7 Å². The molecule has 0 aromatic heterocycles. The number of carbonyl (C=O) groups is 2. The molecule has 0 saturated carbocycles. The van der Waals surface area contributed by atoms with Gasteiger partial charge < -0.3 is 10.1 Å². The minimum Gasteiger partial charge on any atom is -0.444 e. The Hall–Kier alpha value is -1.79. The van der Waals surface area contributed by atoms with Crippen molar-refractivity contribution < 1.29 is 14.3 Å². The lowest BCUT2D eigenvalue weighted by molar-refractivity contribution is -0.121. The zero-order chi connectivity index (χ0) is 16.8. The molecule has 0 spiro atoms. The van der Waals surface area contributed by atoms with E-state index >= 15 is 0 Å². The van der Waals surface area contributed by atoms with Crippen LogP contribution in [0.4, 0.5) is 4.79 Å². The van der Waals surface area contributed by atoms with E-state index in [0.29, 0.717) is 11.4 Å².